The monoisotopic (exact) mass is 264 g/mol. The minimum absolute atomic E-state index is 0.147. The third-order valence-electron chi connectivity index (χ3n) is 3.09. The van der Waals surface area contributed by atoms with Gasteiger partial charge in [0.2, 0.25) is 0 Å². The molecule has 98 valence electrons. The number of nitrogens with one attached hydrogen (secondary N) is 1. The summed E-state index contributed by atoms with van der Waals surface area (Å²) in [4.78, 5) is 6.05. The Morgan fingerprint density at radius 2 is 2.22 bits per heavy atom. The Balaban J connectivity index is 2.32. The number of nitrogens with zero attached hydrogens (tertiary/aromatic N) is 3. The average molecular weight is 264 g/mol. The minimum atomic E-state index is 0.147. The largest absolute Gasteiger partial charge is 0.307 e. The maximum absolute atomic E-state index is 4.73. The predicted molar refractivity (Wildman–Crippen MR) is 75.0 cm³/mol. The fourth-order valence-corrected chi connectivity index (χ4v) is 3.19. The van der Waals surface area contributed by atoms with Crippen LogP contribution < -0.4 is 5.32 Å². The lowest BCUT2D eigenvalue weighted by Gasteiger charge is -2.10. The molecule has 0 saturated carbocycles. The van der Waals surface area contributed by atoms with Crippen molar-refractivity contribution in [2.75, 3.05) is 7.05 Å². The number of thiazole rings is 1. The first-order chi connectivity index (χ1) is 8.69. The van der Waals surface area contributed by atoms with Crippen molar-refractivity contribution >= 4 is 11.3 Å². The second-order valence-electron chi connectivity index (χ2n) is 4.26. The highest BCUT2D eigenvalue weighted by Gasteiger charge is 2.18. The molecule has 2 heterocycles. The summed E-state index contributed by atoms with van der Waals surface area (Å²) < 4.78 is 1.95. The van der Waals surface area contributed by atoms with E-state index in [4.69, 9.17) is 4.98 Å². The van der Waals surface area contributed by atoms with E-state index in [1.54, 1.807) is 11.3 Å². The summed E-state index contributed by atoms with van der Waals surface area (Å²) in [5.41, 5.74) is 2.38. The van der Waals surface area contributed by atoms with Gasteiger partial charge in [-0.25, -0.2) is 4.98 Å². The fraction of sp³-hybridized carbons (Fsp3) is 0.538. The number of rotatable bonds is 5. The average Bonchev–Trinajstić information content (AvgIpc) is 2.97. The van der Waals surface area contributed by atoms with Crippen LogP contribution in [0.4, 0.5) is 0 Å². The Labute approximate surface area is 112 Å². The highest BCUT2D eigenvalue weighted by molar-refractivity contribution is 7.11. The molecule has 0 amide bonds. The van der Waals surface area contributed by atoms with E-state index >= 15 is 0 Å². The smallest absolute Gasteiger partial charge is 0.115 e. The maximum Gasteiger partial charge on any atom is 0.115 e. The van der Waals surface area contributed by atoms with Gasteiger partial charge in [0.1, 0.15) is 5.01 Å². The Kier molecular flexibility index (Phi) is 4.14. The zero-order valence-corrected chi connectivity index (χ0v) is 12.2. The van der Waals surface area contributed by atoms with Gasteiger partial charge in [-0.3, -0.25) is 4.68 Å². The van der Waals surface area contributed by atoms with Gasteiger partial charge in [0.15, 0.2) is 0 Å². The summed E-state index contributed by atoms with van der Waals surface area (Å²) in [6.07, 6.45) is 5.00. The van der Waals surface area contributed by atoms with Crippen LogP contribution in [0.15, 0.2) is 12.4 Å². The summed E-state index contributed by atoms with van der Waals surface area (Å²) in [5.74, 6) is 0. The van der Waals surface area contributed by atoms with E-state index in [1.165, 1.54) is 16.1 Å². The summed E-state index contributed by atoms with van der Waals surface area (Å²) >= 11 is 1.77. The first-order valence-electron chi connectivity index (χ1n) is 6.35. The van der Waals surface area contributed by atoms with Crippen molar-refractivity contribution in [3.63, 3.8) is 0 Å². The van der Waals surface area contributed by atoms with Crippen LogP contribution in [0.5, 0.6) is 0 Å². The molecule has 2 aromatic heterocycles. The van der Waals surface area contributed by atoms with Gasteiger partial charge < -0.3 is 5.32 Å². The lowest BCUT2D eigenvalue weighted by Crippen LogP contribution is -2.17. The van der Waals surface area contributed by atoms with E-state index in [0.717, 1.165) is 18.0 Å². The van der Waals surface area contributed by atoms with Crippen molar-refractivity contribution in [1.29, 1.82) is 0 Å². The van der Waals surface area contributed by atoms with Gasteiger partial charge in [-0.15, -0.1) is 11.3 Å². The van der Waals surface area contributed by atoms with Gasteiger partial charge >= 0.3 is 0 Å². The Morgan fingerprint density at radius 3 is 2.72 bits per heavy atom. The molecular weight excluding hydrogens is 244 g/mol. The van der Waals surface area contributed by atoms with Crippen LogP contribution in [0.3, 0.4) is 0 Å². The van der Waals surface area contributed by atoms with Gasteiger partial charge in [-0.05, 0) is 27.3 Å². The molecule has 0 radical (unpaired) electrons. The summed E-state index contributed by atoms with van der Waals surface area (Å²) in [7, 11) is 1.97. The molecule has 0 aliphatic rings. The molecule has 0 fully saturated rings. The van der Waals surface area contributed by atoms with E-state index in [0.29, 0.717) is 0 Å². The highest BCUT2D eigenvalue weighted by Crippen LogP contribution is 2.27. The van der Waals surface area contributed by atoms with Crippen molar-refractivity contribution in [3.8, 4) is 0 Å². The molecule has 0 aliphatic heterocycles. The first kappa shape index (κ1) is 13.2. The molecule has 1 unspecified atom stereocenters. The van der Waals surface area contributed by atoms with Crippen LogP contribution in [0.2, 0.25) is 0 Å². The Morgan fingerprint density at radius 1 is 1.44 bits per heavy atom. The number of aromatic nitrogens is 3. The van der Waals surface area contributed by atoms with E-state index in [-0.39, 0.29) is 6.04 Å². The van der Waals surface area contributed by atoms with Crippen molar-refractivity contribution in [1.82, 2.24) is 20.1 Å². The van der Waals surface area contributed by atoms with Crippen molar-refractivity contribution in [2.45, 2.75) is 39.8 Å². The molecule has 5 heteroatoms. The van der Waals surface area contributed by atoms with Crippen LogP contribution >= 0.6 is 11.3 Å². The summed E-state index contributed by atoms with van der Waals surface area (Å²) in [5, 5.41) is 8.79. The second-order valence-corrected chi connectivity index (χ2v) is 5.49. The molecule has 2 aromatic rings. The maximum atomic E-state index is 4.73. The molecule has 0 aliphatic carbocycles. The molecule has 1 N–H and O–H groups in total. The topological polar surface area (TPSA) is 42.7 Å². The quantitative estimate of drug-likeness (QED) is 0.902. The van der Waals surface area contributed by atoms with Crippen molar-refractivity contribution in [3.05, 3.63) is 33.5 Å². The SMILES string of the molecule is CCc1nc(C(NC)c2cnn(CC)c2)sc1C. The van der Waals surface area contributed by atoms with Crippen molar-refractivity contribution < 1.29 is 0 Å². The van der Waals surface area contributed by atoms with Crippen molar-refractivity contribution in [2.24, 2.45) is 0 Å². The van der Waals surface area contributed by atoms with Crippen LogP contribution in [0, 0.1) is 6.92 Å². The first-order valence-corrected chi connectivity index (χ1v) is 7.17. The second kappa shape index (κ2) is 5.63. The normalized spacial score (nSPS) is 12.9. The third-order valence-corrected chi connectivity index (χ3v) is 4.17. The van der Waals surface area contributed by atoms with Gasteiger partial charge in [0.05, 0.1) is 17.9 Å². The highest BCUT2D eigenvalue weighted by atomic mass is 32.1. The van der Waals surface area contributed by atoms with Crippen LogP contribution in [-0.4, -0.2) is 21.8 Å². The fourth-order valence-electron chi connectivity index (χ4n) is 2.04. The van der Waals surface area contributed by atoms with E-state index in [2.05, 4.69) is 37.4 Å². The van der Waals surface area contributed by atoms with E-state index < -0.39 is 0 Å². The zero-order valence-electron chi connectivity index (χ0n) is 11.4. The zero-order chi connectivity index (χ0) is 13.1. The Hall–Kier alpha value is -1.20. The number of hydrogen-bond acceptors (Lipinski definition) is 4. The van der Waals surface area contributed by atoms with Gasteiger partial charge in [-0.2, -0.15) is 5.10 Å². The molecular formula is C13H20N4S. The van der Waals surface area contributed by atoms with Gasteiger partial charge in [0.25, 0.3) is 0 Å². The predicted octanol–water partition coefficient (Wildman–Crippen LogP) is 2.54. The molecule has 0 spiro atoms. The van der Waals surface area contributed by atoms with E-state index in [1.807, 2.05) is 17.9 Å². The summed E-state index contributed by atoms with van der Waals surface area (Å²) in [6, 6.07) is 0.147. The molecule has 0 saturated heterocycles. The van der Waals surface area contributed by atoms with Gasteiger partial charge in [0, 0.05) is 23.2 Å². The minimum Gasteiger partial charge on any atom is -0.307 e. The van der Waals surface area contributed by atoms with Gasteiger partial charge in [-0.1, -0.05) is 6.92 Å². The molecule has 0 aromatic carbocycles. The lowest BCUT2D eigenvalue weighted by molar-refractivity contribution is 0.652. The van der Waals surface area contributed by atoms with Crippen LogP contribution in [-0.2, 0) is 13.0 Å². The van der Waals surface area contributed by atoms with Crippen LogP contribution in [0.1, 0.15) is 41.0 Å². The third kappa shape index (κ3) is 2.47. The molecule has 2 rings (SSSR count). The van der Waals surface area contributed by atoms with Crippen LogP contribution in [0.25, 0.3) is 0 Å². The van der Waals surface area contributed by atoms with E-state index in [9.17, 15) is 0 Å². The standard InChI is InChI=1S/C13H20N4S/c1-5-11-9(3)18-13(16-11)12(14-4)10-7-15-17(6-2)8-10/h7-8,12,14H,5-6H2,1-4H3. The lowest BCUT2D eigenvalue weighted by atomic mass is 10.2. The molecule has 18 heavy (non-hydrogen) atoms. The number of aryl methyl sites for hydroxylation is 3. The molecule has 1 atom stereocenters. The summed E-state index contributed by atoms with van der Waals surface area (Å²) in [6.45, 7) is 7.28. The number of hydrogen-bond donors (Lipinski definition) is 1. The molecule has 0 bridgehead atoms. The molecule has 4 nitrogen and oxygen atoms in total. The Bertz CT molecular complexity index is 515.